The van der Waals surface area contributed by atoms with Crippen LogP contribution in [0, 0.1) is 17.0 Å². The fraction of sp³-hybridized carbons (Fsp3) is 0.0370. The van der Waals surface area contributed by atoms with Crippen molar-refractivity contribution in [2.24, 2.45) is 0 Å². The molecule has 4 aromatic carbocycles. The number of rotatable bonds is 5. The van der Waals surface area contributed by atoms with Crippen molar-refractivity contribution in [3.05, 3.63) is 117 Å². The van der Waals surface area contributed by atoms with Crippen LogP contribution in [-0.4, -0.2) is 10.9 Å². The van der Waals surface area contributed by atoms with Crippen LogP contribution in [-0.2, 0) is 0 Å². The van der Waals surface area contributed by atoms with Gasteiger partial charge < -0.3 is 13.9 Å². The summed E-state index contributed by atoms with van der Waals surface area (Å²) in [5.74, 6) is -0.123. The molecule has 0 bridgehead atoms. The van der Waals surface area contributed by atoms with Crippen LogP contribution in [0.4, 0.5) is 5.69 Å². The van der Waals surface area contributed by atoms with Crippen LogP contribution >= 0.6 is 0 Å². The fourth-order valence-corrected chi connectivity index (χ4v) is 3.79. The van der Waals surface area contributed by atoms with Crippen molar-refractivity contribution >= 4 is 33.4 Å². The molecule has 5 aromatic rings. The summed E-state index contributed by atoms with van der Waals surface area (Å²) in [6, 6.07) is 21.8. The van der Waals surface area contributed by atoms with E-state index in [2.05, 4.69) is 0 Å². The van der Waals surface area contributed by atoms with E-state index in [9.17, 15) is 19.7 Å². The van der Waals surface area contributed by atoms with Gasteiger partial charge in [-0.15, -0.1) is 0 Å². The van der Waals surface area contributed by atoms with Crippen LogP contribution in [0.5, 0.6) is 17.2 Å². The maximum Gasteiger partial charge on any atom is 0.344 e. The summed E-state index contributed by atoms with van der Waals surface area (Å²) in [6.45, 7) is 1.48. The molecule has 35 heavy (non-hydrogen) atoms. The van der Waals surface area contributed by atoms with Crippen LogP contribution in [0.1, 0.15) is 15.9 Å². The van der Waals surface area contributed by atoms with Crippen LogP contribution < -0.4 is 14.9 Å². The number of nitro benzene ring substituents is 1. The van der Waals surface area contributed by atoms with Gasteiger partial charge in [0, 0.05) is 17.7 Å². The zero-order chi connectivity index (χ0) is 24.5. The molecular weight excluding hydrogens is 450 g/mol. The normalized spacial score (nSPS) is 10.9. The molecule has 0 atom stereocenters. The SMILES string of the molecule is Cc1c(C(=O)Oc2ccc3c(=O)c(Oc4ccc5ccccc5c4)coc3c2)cccc1[N+](=O)[O-]. The van der Waals surface area contributed by atoms with E-state index in [-0.39, 0.29) is 44.7 Å². The molecule has 0 radical (unpaired) electrons. The fourth-order valence-electron chi connectivity index (χ4n) is 3.79. The van der Waals surface area contributed by atoms with Gasteiger partial charge in [-0.05, 0) is 48.0 Å². The van der Waals surface area contributed by atoms with Gasteiger partial charge in [0.2, 0.25) is 11.2 Å². The molecule has 0 aliphatic heterocycles. The van der Waals surface area contributed by atoms with Gasteiger partial charge in [-0.1, -0.05) is 36.4 Å². The second-order valence-corrected chi connectivity index (χ2v) is 7.79. The Morgan fingerprint density at radius 2 is 1.69 bits per heavy atom. The standard InChI is InChI=1S/C27H17NO7/c1-16-21(7-4-8-23(16)28(31)32)27(30)35-20-11-12-22-24(14-20)33-15-25(26(22)29)34-19-10-9-17-5-2-3-6-18(17)13-19/h2-15H,1H3. The van der Waals surface area contributed by atoms with Gasteiger partial charge in [-0.2, -0.15) is 0 Å². The van der Waals surface area contributed by atoms with E-state index in [0.717, 1.165) is 10.8 Å². The Morgan fingerprint density at radius 3 is 2.49 bits per heavy atom. The second-order valence-electron chi connectivity index (χ2n) is 7.79. The smallest absolute Gasteiger partial charge is 0.344 e. The highest BCUT2D eigenvalue weighted by molar-refractivity contribution is 5.94. The molecule has 5 rings (SSSR count). The number of nitro groups is 1. The van der Waals surface area contributed by atoms with E-state index in [4.69, 9.17) is 13.9 Å². The van der Waals surface area contributed by atoms with Gasteiger partial charge >= 0.3 is 5.97 Å². The lowest BCUT2D eigenvalue weighted by molar-refractivity contribution is -0.385. The number of hydrogen-bond acceptors (Lipinski definition) is 7. The van der Waals surface area contributed by atoms with Gasteiger partial charge in [0.05, 0.1) is 15.9 Å². The Kier molecular flexibility index (Phi) is 5.46. The lowest BCUT2D eigenvalue weighted by Gasteiger charge is -2.09. The Hall–Kier alpha value is -4.98. The first-order chi connectivity index (χ1) is 16.9. The quantitative estimate of drug-likeness (QED) is 0.131. The minimum Gasteiger partial charge on any atom is -0.460 e. The maximum atomic E-state index is 12.9. The summed E-state index contributed by atoms with van der Waals surface area (Å²) in [5.41, 5.74) is -0.0955. The van der Waals surface area contributed by atoms with E-state index in [1.807, 2.05) is 36.4 Å². The number of nitrogens with zero attached hydrogens (tertiary/aromatic N) is 1. The first-order valence-corrected chi connectivity index (χ1v) is 10.6. The highest BCUT2D eigenvalue weighted by Gasteiger charge is 2.20. The highest BCUT2D eigenvalue weighted by Crippen LogP contribution is 2.28. The zero-order valence-electron chi connectivity index (χ0n) is 18.4. The molecule has 8 nitrogen and oxygen atoms in total. The van der Waals surface area contributed by atoms with E-state index in [0.29, 0.717) is 5.75 Å². The lowest BCUT2D eigenvalue weighted by Crippen LogP contribution is -2.11. The average molecular weight is 467 g/mol. The molecule has 0 N–H and O–H groups in total. The molecule has 1 aromatic heterocycles. The summed E-state index contributed by atoms with van der Waals surface area (Å²) >= 11 is 0. The van der Waals surface area contributed by atoms with Crippen molar-refractivity contribution in [2.75, 3.05) is 0 Å². The van der Waals surface area contributed by atoms with Crippen molar-refractivity contribution in [1.29, 1.82) is 0 Å². The first-order valence-electron chi connectivity index (χ1n) is 10.6. The zero-order valence-corrected chi connectivity index (χ0v) is 18.4. The van der Waals surface area contributed by atoms with Gasteiger partial charge in [-0.25, -0.2) is 4.79 Å². The molecule has 0 saturated heterocycles. The number of fused-ring (bicyclic) bond motifs is 2. The largest absolute Gasteiger partial charge is 0.460 e. The van der Waals surface area contributed by atoms with E-state index in [1.165, 1.54) is 49.6 Å². The second kappa shape index (κ2) is 8.75. The van der Waals surface area contributed by atoms with Gasteiger partial charge in [-0.3, -0.25) is 14.9 Å². The molecule has 0 fully saturated rings. The number of carbonyl (C=O) groups is 1. The third-order valence-electron chi connectivity index (χ3n) is 5.60. The molecular formula is C27H17NO7. The molecule has 0 saturated carbocycles. The summed E-state index contributed by atoms with van der Waals surface area (Å²) in [4.78, 5) is 36.1. The summed E-state index contributed by atoms with van der Waals surface area (Å²) in [7, 11) is 0. The average Bonchev–Trinajstić information content (AvgIpc) is 2.85. The Balaban J connectivity index is 1.41. The minimum absolute atomic E-state index is 0.0183. The Bertz CT molecular complexity index is 1690. The van der Waals surface area contributed by atoms with Gasteiger partial charge in [0.15, 0.2) is 0 Å². The summed E-state index contributed by atoms with van der Waals surface area (Å²) in [6.07, 6.45) is 1.20. The molecule has 0 unspecified atom stereocenters. The topological polar surface area (TPSA) is 109 Å². The van der Waals surface area contributed by atoms with Gasteiger partial charge in [0.25, 0.3) is 5.69 Å². The third kappa shape index (κ3) is 4.20. The van der Waals surface area contributed by atoms with E-state index >= 15 is 0 Å². The van der Waals surface area contributed by atoms with E-state index < -0.39 is 10.9 Å². The van der Waals surface area contributed by atoms with Crippen molar-refractivity contribution < 1.29 is 23.6 Å². The van der Waals surface area contributed by atoms with Crippen LogP contribution in [0.2, 0.25) is 0 Å². The lowest BCUT2D eigenvalue weighted by atomic mass is 10.1. The van der Waals surface area contributed by atoms with Gasteiger partial charge in [0.1, 0.15) is 23.3 Å². The molecule has 0 aliphatic carbocycles. The van der Waals surface area contributed by atoms with Crippen molar-refractivity contribution in [1.82, 2.24) is 0 Å². The Morgan fingerprint density at radius 1 is 0.914 bits per heavy atom. The number of esters is 1. The van der Waals surface area contributed by atoms with E-state index in [1.54, 1.807) is 6.07 Å². The van der Waals surface area contributed by atoms with Crippen LogP contribution in [0.25, 0.3) is 21.7 Å². The third-order valence-corrected chi connectivity index (χ3v) is 5.60. The van der Waals surface area contributed by atoms with Crippen LogP contribution in [0.3, 0.4) is 0 Å². The molecule has 8 heteroatoms. The van der Waals surface area contributed by atoms with Crippen molar-refractivity contribution in [3.8, 4) is 17.2 Å². The summed E-state index contributed by atoms with van der Waals surface area (Å²) < 4.78 is 16.7. The van der Waals surface area contributed by atoms with Crippen LogP contribution in [0.15, 0.2) is 94.3 Å². The van der Waals surface area contributed by atoms with Crippen molar-refractivity contribution in [2.45, 2.75) is 6.92 Å². The minimum atomic E-state index is -0.760. The molecule has 0 aliphatic rings. The maximum absolute atomic E-state index is 12.9. The summed E-state index contributed by atoms with van der Waals surface area (Å²) in [5, 5.41) is 13.4. The number of carbonyl (C=O) groups excluding carboxylic acids is 1. The molecule has 0 amide bonds. The number of benzene rings is 4. The number of ether oxygens (including phenoxy) is 2. The highest BCUT2D eigenvalue weighted by atomic mass is 16.6. The molecule has 1 heterocycles. The number of hydrogen-bond donors (Lipinski definition) is 0. The molecule has 172 valence electrons. The van der Waals surface area contributed by atoms with Crippen molar-refractivity contribution in [3.63, 3.8) is 0 Å². The Labute approximate surface area is 198 Å². The first kappa shape index (κ1) is 21.8. The molecule has 0 spiro atoms. The predicted octanol–water partition coefficient (Wildman–Crippen LogP) is 6.17. The predicted molar refractivity (Wildman–Crippen MR) is 129 cm³/mol. The monoisotopic (exact) mass is 467 g/mol.